The van der Waals surface area contributed by atoms with Crippen LogP contribution in [0.15, 0.2) is 41.7 Å². The lowest BCUT2D eigenvalue weighted by Crippen LogP contribution is -2.14. The van der Waals surface area contributed by atoms with Gasteiger partial charge >= 0.3 is 5.97 Å². The average Bonchev–Trinajstić information content (AvgIpc) is 2.90. The van der Waals surface area contributed by atoms with Crippen LogP contribution in [0.25, 0.3) is 0 Å². The van der Waals surface area contributed by atoms with Crippen molar-refractivity contribution in [2.45, 2.75) is 37.9 Å². The molecule has 0 aliphatic rings. The van der Waals surface area contributed by atoms with Gasteiger partial charge in [0.15, 0.2) is 5.16 Å². The minimum absolute atomic E-state index is 0.0331. The lowest BCUT2D eigenvalue weighted by atomic mass is 10.0. The lowest BCUT2D eigenvalue weighted by Gasteiger charge is -2.22. The molecule has 5 heteroatoms. The average molecular weight is 304 g/mol. The smallest absolute Gasteiger partial charge is 0.313 e. The Labute approximate surface area is 129 Å². The van der Waals surface area contributed by atoms with E-state index in [1.807, 2.05) is 24.4 Å². The number of aryl methyl sites for hydroxylation is 1. The SMILES string of the molecule is CCc1cnc(SCC(=O)O)n1C(CC)c1ccccc1. The summed E-state index contributed by atoms with van der Waals surface area (Å²) in [6.45, 7) is 4.24. The van der Waals surface area contributed by atoms with E-state index in [9.17, 15) is 4.79 Å². The van der Waals surface area contributed by atoms with Crippen molar-refractivity contribution >= 4 is 17.7 Å². The number of aliphatic carboxylic acids is 1. The van der Waals surface area contributed by atoms with Gasteiger partial charge in [0.25, 0.3) is 0 Å². The van der Waals surface area contributed by atoms with Crippen molar-refractivity contribution in [3.05, 3.63) is 47.8 Å². The summed E-state index contributed by atoms with van der Waals surface area (Å²) in [5.74, 6) is -0.786. The summed E-state index contributed by atoms with van der Waals surface area (Å²) in [6.07, 6.45) is 3.67. The molecule has 0 aliphatic carbocycles. The van der Waals surface area contributed by atoms with Gasteiger partial charge in [-0.05, 0) is 18.4 Å². The summed E-state index contributed by atoms with van der Waals surface area (Å²) in [5.41, 5.74) is 2.36. The first-order chi connectivity index (χ1) is 10.2. The Morgan fingerprint density at radius 3 is 2.62 bits per heavy atom. The highest BCUT2D eigenvalue weighted by Crippen LogP contribution is 2.30. The summed E-state index contributed by atoms with van der Waals surface area (Å²) in [5, 5.41) is 9.67. The van der Waals surface area contributed by atoms with Crippen molar-refractivity contribution in [2.24, 2.45) is 0 Å². The van der Waals surface area contributed by atoms with Crippen molar-refractivity contribution in [3.8, 4) is 0 Å². The number of hydrogen-bond donors (Lipinski definition) is 1. The van der Waals surface area contributed by atoms with E-state index in [-0.39, 0.29) is 11.8 Å². The number of thioether (sulfide) groups is 1. The topological polar surface area (TPSA) is 55.1 Å². The van der Waals surface area contributed by atoms with E-state index in [2.05, 4.69) is 35.5 Å². The summed E-state index contributed by atoms with van der Waals surface area (Å²) in [7, 11) is 0. The monoisotopic (exact) mass is 304 g/mol. The Hall–Kier alpha value is -1.75. The van der Waals surface area contributed by atoms with E-state index in [4.69, 9.17) is 5.11 Å². The quantitative estimate of drug-likeness (QED) is 0.794. The number of nitrogens with zero attached hydrogens (tertiary/aromatic N) is 2. The minimum Gasteiger partial charge on any atom is -0.481 e. The van der Waals surface area contributed by atoms with Crippen LogP contribution in [-0.2, 0) is 11.2 Å². The molecule has 0 aliphatic heterocycles. The molecule has 1 N–H and O–H groups in total. The van der Waals surface area contributed by atoms with Crippen molar-refractivity contribution in [1.82, 2.24) is 9.55 Å². The Morgan fingerprint density at radius 2 is 2.05 bits per heavy atom. The highest BCUT2D eigenvalue weighted by Gasteiger charge is 2.19. The molecular weight excluding hydrogens is 284 g/mol. The second kappa shape index (κ2) is 7.31. The van der Waals surface area contributed by atoms with E-state index in [1.165, 1.54) is 17.3 Å². The van der Waals surface area contributed by atoms with Gasteiger partial charge in [0.05, 0.1) is 11.8 Å². The van der Waals surface area contributed by atoms with Gasteiger partial charge in [-0.1, -0.05) is 55.9 Å². The highest BCUT2D eigenvalue weighted by molar-refractivity contribution is 7.99. The predicted octanol–water partition coefficient (Wildman–Crippen LogP) is 3.62. The van der Waals surface area contributed by atoms with E-state index in [0.717, 1.165) is 23.7 Å². The number of imidazole rings is 1. The molecule has 0 saturated carbocycles. The van der Waals surface area contributed by atoms with E-state index in [0.29, 0.717) is 0 Å². The van der Waals surface area contributed by atoms with Crippen LogP contribution in [0.5, 0.6) is 0 Å². The molecule has 0 spiro atoms. The van der Waals surface area contributed by atoms with Crippen molar-refractivity contribution < 1.29 is 9.90 Å². The summed E-state index contributed by atoms with van der Waals surface area (Å²) in [6, 6.07) is 10.5. The number of carbonyl (C=O) groups is 1. The van der Waals surface area contributed by atoms with Gasteiger partial charge in [-0.3, -0.25) is 4.79 Å². The van der Waals surface area contributed by atoms with E-state index >= 15 is 0 Å². The van der Waals surface area contributed by atoms with Gasteiger partial charge in [0, 0.05) is 11.9 Å². The zero-order valence-corrected chi connectivity index (χ0v) is 13.1. The molecule has 0 saturated heterocycles. The third-order valence-electron chi connectivity index (χ3n) is 3.41. The highest BCUT2D eigenvalue weighted by atomic mass is 32.2. The maximum atomic E-state index is 10.8. The second-order valence-corrected chi connectivity index (χ2v) is 5.72. The van der Waals surface area contributed by atoms with Gasteiger partial charge in [-0.25, -0.2) is 4.98 Å². The zero-order valence-electron chi connectivity index (χ0n) is 12.3. The molecule has 1 unspecified atom stereocenters. The molecule has 0 fully saturated rings. The molecular formula is C16H20N2O2S. The van der Waals surface area contributed by atoms with Crippen LogP contribution in [0.4, 0.5) is 0 Å². The largest absolute Gasteiger partial charge is 0.481 e. The Bertz CT molecular complexity index is 596. The summed E-state index contributed by atoms with van der Waals surface area (Å²) < 4.78 is 2.18. The number of rotatable bonds is 7. The number of carboxylic acids is 1. The third kappa shape index (κ3) is 3.67. The van der Waals surface area contributed by atoms with Gasteiger partial charge < -0.3 is 9.67 Å². The molecule has 112 valence electrons. The molecule has 1 aromatic carbocycles. The van der Waals surface area contributed by atoms with Crippen LogP contribution in [0.3, 0.4) is 0 Å². The van der Waals surface area contributed by atoms with Crippen LogP contribution in [0.2, 0.25) is 0 Å². The fraction of sp³-hybridized carbons (Fsp3) is 0.375. The molecule has 0 radical (unpaired) electrons. The van der Waals surface area contributed by atoms with Crippen LogP contribution in [0.1, 0.15) is 37.6 Å². The fourth-order valence-electron chi connectivity index (χ4n) is 2.45. The molecule has 2 rings (SSSR count). The standard InChI is InChI=1S/C16H20N2O2S/c1-3-13-10-17-16(21-11-15(19)20)18(13)14(4-2)12-8-6-5-7-9-12/h5-10,14H,3-4,11H2,1-2H3,(H,19,20). The predicted molar refractivity (Wildman–Crippen MR) is 84.8 cm³/mol. The van der Waals surface area contributed by atoms with E-state index in [1.54, 1.807) is 0 Å². The van der Waals surface area contributed by atoms with Crippen LogP contribution < -0.4 is 0 Å². The van der Waals surface area contributed by atoms with Gasteiger partial charge in [-0.15, -0.1) is 0 Å². The molecule has 2 aromatic rings. The third-order valence-corrected chi connectivity index (χ3v) is 4.36. The number of carboxylic acid groups (broad SMARTS) is 1. The molecule has 4 nitrogen and oxygen atoms in total. The molecule has 1 aromatic heterocycles. The van der Waals surface area contributed by atoms with Gasteiger partial charge in [0.1, 0.15) is 0 Å². The maximum Gasteiger partial charge on any atom is 0.313 e. The Balaban J connectivity index is 2.39. The van der Waals surface area contributed by atoms with Gasteiger partial charge in [0.2, 0.25) is 0 Å². The Morgan fingerprint density at radius 1 is 1.33 bits per heavy atom. The first kappa shape index (κ1) is 15.6. The number of benzene rings is 1. The van der Waals surface area contributed by atoms with Crippen molar-refractivity contribution in [3.63, 3.8) is 0 Å². The van der Waals surface area contributed by atoms with Crippen molar-refractivity contribution in [2.75, 3.05) is 5.75 Å². The summed E-state index contributed by atoms with van der Waals surface area (Å²) in [4.78, 5) is 15.2. The Kier molecular flexibility index (Phi) is 5.44. The van der Waals surface area contributed by atoms with Crippen LogP contribution in [0, 0.1) is 0 Å². The maximum absolute atomic E-state index is 10.8. The first-order valence-electron chi connectivity index (χ1n) is 7.13. The van der Waals surface area contributed by atoms with Crippen LogP contribution in [-0.4, -0.2) is 26.4 Å². The zero-order chi connectivity index (χ0) is 15.2. The molecule has 21 heavy (non-hydrogen) atoms. The minimum atomic E-state index is -0.819. The van der Waals surface area contributed by atoms with Crippen LogP contribution >= 0.6 is 11.8 Å². The lowest BCUT2D eigenvalue weighted by molar-refractivity contribution is -0.133. The molecule has 1 heterocycles. The molecule has 1 atom stereocenters. The van der Waals surface area contributed by atoms with Crippen molar-refractivity contribution in [1.29, 1.82) is 0 Å². The normalized spacial score (nSPS) is 12.3. The summed E-state index contributed by atoms with van der Waals surface area (Å²) >= 11 is 1.28. The first-order valence-corrected chi connectivity index (χ1v) is 8.11. The molecule has 0 bridgehead atoms. The fourth-order valence-corrected chi connectivity index (χ4v) is 3.21. The van der Waals surface area contributed by atoms with Gasteiger partial charge in [-0.2, -0.15) is 0 Å². The number of aromatic nitrogens is 2. The number of hydrogen-bond acceptors (Lipinski definition) is 3. The van der Waals surface area contributed by atoms with E-state index < -0.39 is 5.97 Å². The molecule has 0 amide bonds. The second-order valence-electron chi connectivity index (χ2n) is 4.77.